The van der Waals surface area contributed by atoms with Crippen LogP contribution < -0.4 is 5.32 Å². The molecule has 2 aromatic rings. The highest BCUT2D eigenvalue weighted by molar-refractivity contribution is 6.35. The molecule has 1 atom stereocenters. The van der Waals surface area contributed by atoms with Crippen LogP contribution in [0.4, 0.5) is 5.69 Å². The molecule has 1 amide bonds. The molecule has 0 saturated carbocycles. The number of anilines is 1. The molecule has 0 spiro atoms. The highest BCUT2D eigenvalue weighted by Gasteiger charge is 2.19. The Balaban J connectivity index is 1.99. The summed E-state index contributed by atoms with van der Waals surface area (Å²) in [5, 5.41) is 3.42. The summed E-state index contributed by atoms with van der Waals surface area (Å²) in [5.74, 6) is -0.646. The standard InChI is InChI=1S/C19H19Cl2NO3/c1-11(2)13-4-6-14(7-5-13)19(24)25-12(3)18(23)22-17-9-15(20)8-16(21)10-17/h4-12H,1-3H3,(H,22,23)/t12-/m0/s1. The molecule has 0 radical (unpaired) electrons. The summed E-state index contributed by atoms with van der Waals surface area (Å²) in [7, 11) is 0. The van der Waals surface area contributed by atoms with Crippen molar-refractivity contribution in [1.82, 2.24) is 0 Å². The van der Waals surface area contributed by atoms with Gasteiger partial charge in [-0.05, 0) is 48.7 Å². The number of amides is 1. The number of rotatable bonds is 5. The number of ether oxygens (including phenoxy) is 1. The van der Waals surface area contributed by atoms with Crippen LogP contribution in [0, 0.1) is 0 Å². The van der Waals surface area contributed by atoms with E-state index in [1.807, 2.05) is 12.1 Å². The minimum absolute atomic E-state index is 0.374. The molecular formula is C19H19Cl2NO3. The first-order chi connectivity index (χ1) is 11.8. The maximum atomic E-state index is 12.2. The Kier molecular flexibility index (Phi) is 6.45. The van der Waals surface area contributed by atoms with Crippen molar-refractivity contribution in [3.05, 3.63) is 63.6 Å². The molecule has 0 aliphatic rings. The lowest BCUT2D eigenvalue weighted by Gasteiger charge is -2.14. The van der Waals surface area contributed by atoms with Gasteiger partial charge in [0.15, 0.2) is 6.10 Å². The fourth-order valence-electron chi connectivity index (χ4n) is 2.16. The van der Waals surface area contributed by atoms with E-state index in [1.54, 1.807) is 30.3 Å². The van der Waals surface area contributed by atoms with Crippen LogP contribution in [-0.2, 0) is 9.53 Å². The van der Waals surface area contributed by atoms with E-state index in [0.717, 1.165) is 5.56 Å². The van der Waals surface area contributed by atoms with Crippen LogP contribution in [0.3, 0.4) is 0 Å². The Morgan fingerprint density at radius 2 is 1.52 bits per heavy atom. The maximum Gasteiger partial charge on any atom is 0.338 e. The van der Waals surface area contributed by atoms with Crippen molar-refractivity contribution in [1.29, 1.82) is 0 Å². The van der Waals surface area contributed by atoms with Gasteiger partial charge in [-0.3, -0.25) is 4.79 Å². The van der Waals surface area contributed by atoms with Crippen molar-refractivity contribution in [2.45, 2.75) is 32.8 Å². The molecule has 6 heteroatoms. The van der Waals surface area contributed by atoms with Crippen molar-refractivity contribution in [2.75, 3.05) is 5.32 Å². The van der Waals surface area contributed by atoms with E-state index in [0.29, 0.717) is 27.2 Å². The first-order valence-electron chi connectivity index (χ1n) is 7.84. The highest BCUT2D eigenvalue weighted by Crippen LogP contribution is 2.22. The van der Waals surface area contributed by atoms with Crippen LogP contribution in [0.25, 0.3) is 0 Å². The fraction of sp³-hybridized carbons (Fsp3) is 0.263. The second kappa shape index (κ2) is 8.37. The normalized spacial score (nSPS) is 11.9. The summed E-state index contributed by atoms with van der Waals surface area (Å²) in [5.41, 5.74) is 1.96. The second-order valence-electron chi connectivity index (χ2n) is 5.97. The van der Waals surface area contributed by atoms with Crippen molar-refractivity contribution in [2.24, 2.45) is 0 Å². The van der Waals surface area contributed by atoms with Gasteiger partial charge in [0.05, 0.1) is 5.56 Å². The van der Waals surface area contributed by atoms with Crippen LogP contribution in [-0.4, -0.2) is 18.0 Å². The third-order valence-corrected chi connectivity index (χ3v) is 4.03. The van der Waals surface area contributed by atoms with Crippen molar-refractivity contribution in [3.8, 4) is 0 Å². The minimum atomic E-state index is -0.963. The van der Waals surface area contributed by atoms with Crippen LogP contribution in [0.2, 0.25) is 10.0 Å². The van der Waals surface area contributed by atoms with Gasteiger partial charge in [0.25, 0.3) is 5.91 Å². The molecule has 0 heterocycles. The highest BCUT2D eigenvalue weighted by atomic mass is 35.5. The number of carbonyl (C=O) groups excluding carboxylic acids is 2. The topological polar surface area (TPSA) is 55.4 Å². The summed E-state index contributed by atoms with van der Waals surface area (Å²) in [6, 6.07) is 11.8. The van der Waals surface area contributed by atoms with E-state index in [9.17, 15) is 9.59 Å². The Hall–Kier alpha value is -2.04. The monoisotopic (exact) mass is 379 g/mol. The molecule has 2 rings (SSSR count). The predicted molar refractivity (Wildman–Crippen MR) is 101 cm³/mol. The van der Waals surface area contributed by atoms with E-state index in [1.165, 1.54) is 6.92 Å². The zero-order valence-electron chi connectivity index (χ0n) is 14.2. The quantitative estimate of drug-likeness (QED) is 0.716. The van der Waals surface area contributed by atoms with Gasteiger partial charge in [0, 0.05) is 15.7 Å². The van der Waals surface area contributed by atoms with E-state index < -0.39 is 18.0 Å². The van der Waals surface area contributed by atoms with Gasteiger partial charge in [-0.1, -0.05) is 49.2 Å². The third kappa shape index (κ3) is 5.48. The summed E-state index contributed by atoms with van der Waals surface area (Å²) >= 11 is 11.8. The Labute approximate surface area is 157 Å². The average Bonchev–Trinajstić information content (AvgIpc) is 2.53. The number of carbonyl (C=O) groups is 2. The molecule has 2 aromatic carbocycles. The van der Waals surface area contributed by atoms with Gasteiger partial charge in [-0.25, -0.2) is 4.79 Å². The van der Waals surface area contributed by atoms with Crippen molar-refractivity contribution >= 4 is 40.8 Å². The molecule has 132 valence electrons. The zero-order chi connectivity index (χ0) is 18.6. The average molecular weight is 380 g/mol. The van der Waals surface area contributed by atoms with E-state index in [-0.39, 0.29) is 0 Å². The molecule has 4 nitrogen and oxygen atoms in total. The zero-order valence-corrected chi connectivity index (χ0v) is 15.7. The van der Waals surface area contributed by atoms with Gasteiger partial charge >= 0.3 is 5.97 Å². The number of nitrogens with one attached hydrogen (secondary N) is 1. The molecule has 0 fully saturated rings. The van der Waals surface area contributed by atoms with Gasteiger partial charge in [0.2, 0.25) is 0 Å². The molecular weight excluding hydrogens is 361 g/mol. The largest absolute Gasteiger partial charge is 0.449 e. The Bertz CT molecular complexity index is 752. The van der Waals surface area contributed by atoms with Gasteiger partial charge < -0.3 is 10.1 Å². The smallest absolute Gasteiger partial charge is 0.338 e. The van der Waals surface area contributed by atoms with E-state index in [2.05, 4.69) is 19.2 Å². The van der Waals surface area contributed by atoms with Gasteiger partial charge in [-0.2, -0.15) is 0 Å². The molecule has 0 bridgehead atoms. The summed E-state index contributed by atoms with van der Waals surface area (Å²) in [6.45, 7) is 5.64. The SMILES string of the molecule is CC(C)c1ccc(C(=O)O[C@@H](C)C(=O)Nc2cc(Cl)cc(Cl)c2)cc1. The molecule has 25 heavy (non-hydrogen) atoms. The first-order valence-corrected chi connectivity index (χ1v) is 8.59. The lowest BCUT2D eigenvalue weighted by molar-refractivity contribution is -0.123. The van der Waals surface area contributed by atoms with E-state index in [4.69, 9.17) is 27.9 Å². The predicted octanol–water partition coefficient (Wildman–Crippen LogP) is 5.30. The molecule has 0 aliphatic heterocycles. The van der Waals surface area contributed by atoms with Crippen molar-refractivity contribution in [3.63, 3.8) is 0 Å². The lowest BCUT2D eigenvalue weighted by atomic mass is 10.0. The van der Waals surface area contributed by atoms with Crippen LogP contribution in [0.5, 0.6) is 0 Å². The maximum absolute atomic E-state index is 12.2. The Morgan fingerprint density at radius 1 is 0.960 bits per heavy atom. The van der Waals surface area contributed by atoms with Gasteiger partial charge in [-0.15, -0.1) is 0 Å². The molecule has 1 N–H and O–H groups in total. The fourth-order valence-corrected chi connectivity index (χ4v) is 2.68. The minimum Gasteiger partial charge on any atom is -0.449 e. The third-order valence-electron chi connectivity index (χ3n) is 3.60. The molecule has 0 unspecified atom stereocenters. The number of halogens is 2. The first kappa shape index (κ1) is 19.3. The van der Waals surface area contributed by atoms with Crippen LogP contribution in [0.1, 0.15) is 42.6 Å². The Morgan fingerprint density at radius 3 is 2.04 bits per heavy atom. The molecule has 0 aliphatic carbocycles. The summed E-state index contributed by atoms with van der Waals surface area (Å²) in [6.07, 6.45) is -0.963. The summed E-state index contributed by atoms with van der Waals surface area (Å²) in [4.78, 5) is 24.3. The van der Waals surface area contributed by atoms with Crippen LogP contribution >= 0.6 is 23.2 Å². The van der Waals surface area contributed by atoms with Crippen LogP contribution in [0.15, 0.2) is 42.5 Å². The molecule has 0 aromatic heterocycles. The molecule has 0 saturated heterocycles. The lowest BCUT2D eigenvalue weighted by Crippen LogP contribution is -2.30. The number of hydrogen-bond donors (Lipinski definition) is 1. The van der Waals surface area contributed by atoms with Gasteiger partial charge in [0.1, 0.15) is 0 Å². The van der Waals surface area contributed by atoms with E-state index >= 15 is 0 Å². The number of esters is 1. The second-order valence-corrected chi connectivity index (χ2v) is 6.84. The van der Waals surface area contributed by atoms with Crippen molar-refractivity contribution < 1.29 is 14.3 Å². The number of benzene rings is 2. The summed E-state index contributed by atoms with van der Waals surface area (Å²) < 4.78 is 5.21. The number of hydrogen-bond acceptors (Lipinski definition) is 3.